The van der Waals surface area contributed by atoms with E-state index in [-0.39, 0.29) is 11.9 Å². The molecule has 1 N–H and O–H groups in total. The first kappa shape index (κ1) is 22.1. The number of benzene rings is 2. The largest absolute Gasteiger partial charge is 0.313 e. The highest BCUT2D eigenvalue weighted by molar-refractivity contribution is 7.16. The van der Waals surface area contributed by atoms with E-state index in [1.807, 2.05) is 42.5 Å². The molecule has 0 spiro atoms. The number of carbonyl (C=O) groups is 1. The van der Waals surface area contributed by atoms with Crippen LogP contribution in [-0.2, 0) is 0 Å². The molecule has 1 aliphatic rings. The van der Waals surface area contributed by atoms with E-state index in [9.17, 15) is 4.79 Å². The van der Waals surface area contributed by atoms with Gasteiger partial charge in [-0.15, -0.1) is 11.3 Å². The Bertz CT molecular complexity index is 1040. The number of nitrogens with one attached hydrogen (secondary N) is 1. The Balaban J connectivity index is 1.75. The van der Waals surface area contributed by atoms with Gasteiger partial charge in [-0.1, -0.05) is 48.9 Å². The molecule has 5 heteroatoms. The van der Waals surface area contributed by atoms with E-state index in [0.717, 1.165) is 29.0 Å². The number of carbonyl (C=O) groups excluding carboxylic acids is 1. The average molecular weight is 453 g/mol. The van der Waals surface area contributed by atoms with Crippen molar-refractivity contribution in [1.29, 1.82) is 0 Å². The predicted molar refractivity (Wildman–Crippen MR) is 131 cm³/mol. The highest BCUT2D eigenvalue weighted by Gasteiger charge is 2.31. The fourth-order valence-electron chi connectivity index (χ4n) is 4.32. The maximum Gasteiger partial charge on any atom is 0.256 e. The van der Waals surface area contributed by atoms with Gasteiger partial charge in [0.05, 0.1) is 6.04 Å². The number of hydrogen-bond donors (Lipinski definition) is 1. The van der Waals surface area contributed by atoms with Gasteiger partial charge < -0.3 is 5.32 Å². The summed E-state index contributed by atoms with van der Waals surface area (Å²) in [7, 11) is 0. The molecular weight excluding hydrogens is 424 g/mol. The van der Waals surface area contributed by atoms with E-state index in [0.29, 0.717) is 5.56 Å². The predicted octanol–water partition coefficient (Wildman–Crippen LogP) is 7.09. The maximum absolute atomic E-state index is 13.0. The Kier molecular flexibility index (Phi) is 6.80. The van der Waals surface area contributed by atoms with Crippen molar-refractivity contribution in [3.8, 4) is 0 Å². The summed E-state index contributed by atoms with van der Waals surface area (Å²) in [6, 6.07) is 17.7. The normalized spacial score (nSPS) is 16.3. The van der Waals surface area contributed by atoms with Crippen LogP contribution >= 0.6 is 22.9 Å². The van der Waals surface area contributed by atoms with Crippen molar-refractivity contribution in [1.82, 2.24) is 4.90 Å². The molecule has 162 valence electrons. The molecule has 4 rings (SSSR count). The van der Waals surface area contributed by atoms with E-state index >= 15 is 0 Å². The molecule has 2 aromatic carbocycles. The van der Waals surface area contributed by atoms with Crippen LogP contribution in [0.5, 0.6) is 0 Å². The number of likely N-dealkylation sites (tertiary alicyclic amines) is 1. The summed E-state index contributed by atoms with van der Waals surface area (Å²) in [5.74, 6) is 0.690. The topological polar surface area (TPSA) is 32.3 Å². The van der Waals surface area contributed by atoms with Gasteiger partial charge in [-0.3, -0.25) is 9.69 Å². The number of amides is 1. The molecule has 31 heavy (non-hydrogen) atoms. The summed E-state index contributed by atoms with van der Waals surface area (Å²) in [5.41, 5.74) is 4.36. The Labute approximate surface area is 194 Å². The minimum Gasteiger partial charge on any atom is -0.313 e. The first-order valence-corrected chi connectivity index (χ1v) is 12.1. The standard InChI is InChI=1S/C26H29ClN2OS/c1-17-13-15-29(16-14-17)24(20-9-11-22(27)12-10-20)23-18(2)19(3)31-26(23)28-25(30)21-7-5-4-6-8-21/h4-12,17,24H,13-16H2,1-3H3,(H,28,30)/t24-/m0/s1. The molecule has 1 amide bonds. The van der Waals surface area contributed by atoms with Gasteiger partial charge in [-0.2, -0.15) is 0 Å². The first-order chi connectivity index (χ1) is 14.9. The average Bonchev–Trinajstić information content (AvgIpc) is 3.05. The summed E-state index contributed by atoms with van der Waals surface area (Å²) < 4.78 is 0. The smallest absolute Gasteiger partial charge is 0.256 e. The van der Waals surface area contributed by atoms with E-state index in [1.165, 1.54) is 34.4 Å². The van der Waals surface area contributed by atoms with Crippen LogP contribution in [0.2, 0.25) is 5.02 Å². The maximum atomic E-state index is 13.0. The molecule has 0 saturated carbocycles. The van der Waals surface area contributed by atoms with Crippen LogP contribution < -0.4 is 5.32 Å². The molecule has 1 atom stereocenters. The van der Waals surface area contributed by atoms with Crippen LogP contribution in [0, 0.1) is 19.8 Å². The van der Waals surface area contributed by atoms with Gasteiger partial charge in [0.2, 0.25) is 0 Å². The van der Waals surface area contributed by atoms with Crippen LogP contribution in [0.15, 0.2) is 54.6 Å². The Hall–Kier alpha value is -2.14. The van der Waals surface area contributed by atoms with E-state index < -0.39 is 0 Å². The summed E-state index contributed by atoms with van der Waals surface area (Å²) >= 11 is 7.87. The lowest BCUT2D eigenvalue weighted by Gasteiger charge is -2.37. The number of halogens is 1. The van der Waals surface area contributed by atoms with Crippen LogP contribution in [0.1, 0.15) is 57.7 Å². The summed E-state index contributed by atoms with van der Waals surface area (Å²) in [6.45, 7) is 8.75. The van der Waals surface area contributed by atoms with Gasteiger partial charge >= 0.3 is 0 Å². The van der Waals surface area contributed by atoms with Gasteiger partial charge in [-0.05, 0) is 81.1 Å². The number of aryl methyl sites for hydroxylation is 1. The molecule has 3 aromatic rings. The molecule has 1 aliphatic heterocycles. The Morgan fingerprint density at radius 1 is 1.06 bits per heavy atom. The van der Waals surface area contributed by atoms with Crippen molar-refractivity contribution in [2.75, 3.05) is 18.4 Å². The Morgan fingerprint density at radius 3 is 2.35 bits per heavy atom. The number of hydrogen-bond acceptors (Lipinski definition) is 3. The molecule has 0 aliphatic carbocycles. The molecule has 0 unspecified atom stereocenters. The summed E-state index contributed by atoms with van der Waals surface area (Å²) in [6.07, 6.45) is 2.38. The molecular formula is C26H29ClN2OS. The third-order valence-electron chi connectivity index (χ3n) is 6.34. The number of piperidine rings is 1. The summed E-state index contributed by atoms with van der Waals surface area (Å²) in [4.78, 5) is 16.8. The van der Waals surface area contributed by atoms with Crippen molar-refractivity contribution in [2.24, 2.45) is 5.92 Å². The zero-order valence-electron chi connectivity index (χ0n) is 18.3. The second kappa shape index (κ2) is 9.56. The van der Waals surface area contributed by atoms with Crippen molar-refractivity contribution in [3.05, 3.63) is 86.8 Å². The third-order valence-corrected chi connectivity index (χ3v) is 7.73. The number of thiophene rings is 1. The molecule has 0 bridgehead atoms. The third kappa shape index (κ3) is 4.87. The number of rotatable bonds is 5. The second-order valence-corrected chi connectivity index (χ2v) is 10.2. The Morgan fingerprint density at radius 2 is 1.71 bits per heavy atom. The van der Waals surface area contributed by atoms with Crippen LogP contribution in [0.3, 0.4) is 0 Å². The molecule has 0 radical (unpaired) electrons. The fraction of sp³-hybridized carbons (Fsp3) is 0.346. The molecule has 1 fully saturated rings. The van der Waals surface area contributed by atoms with E-state index in [1.54, 1.807) is 11.3 Å². The van der Waals surface area contributed by atoms with Crippen LogP contribution in [0.4, 0.5) is 5.00 Å². The van der Waals surface area contributed by atoms with Gasteiger partial charge in [-0.25, -0.2) is 0 Å². The highest BCUT2D eigenvalue weighted by atomic mass is 35.5. The lowest BCUT2D eigenvalue weighted by Crippen LogP contribution is -2.37. The first-order valence-electron chi connectivity index (χ1n) is 10.9. The van der Waals surface area contributed by atoms with Crippen molar-refractivity contribution >= 4 is 33.8 Å². The minimum atomic E-state index is -0.0646. The van der Waals surface area contributed by atoms with Crippen molar-refractivity contribution < 1.29 is 4.79 Å². The summed E-state index contributed by atoms with van der Waals surface area (Å²) in [5, 5.41) is 4.91. The van der Waals surface area contributed by atoms with Crippen molar-refractivity contribution in [3.63, 3.8) is 0 Å². The van der Waals surface area contributed by atoms with Gasteiger partial charge in [0.15, 0.2) is 0 Å². The van der Waals surface area contributed by atoms with E-state index in [2.05, 4.69) is 43.1 Å². The quantitative estimate of drug-likeness (QED) is 0.448. The second-order valence-electron chi connectivity index (χ2n) is 8.52. The van der Waals surface area contributed by atoms with Crippen molar-refractivity contribution in [2.45, 2.75) is 39.7 Å². The minimum absolute atomic E-state index is 0.0646. The van der Waals surface area contributed by atoms with Crippen LogP contribution in [0.25, 0.3) is 0 Å². The fourth-order valence-corrected chi connectivity index (χ4v) is 5.54. The van der Waals surface area contributed by atoms with Gasteiger partial charge in [0, 0.05) is 21.0 Å². The SMILES string of the molecule is Cc1sc(NC(=O)c2ccccc2)c([C@H](c2ccc(Cl)cc2)N2CCC(C)CC2)c1C. The lowest BCUT2D eigenvalue weighted by atomic mass is 9.91. The molecule has 1 saturated heterocycles. The number of nitrogens with zero attached hydrogens (tertiary/aromatic N) is 1. The highest BCUT2D eigenvalue weighted by Crippen LogP contribution is 2.43. The van der Waals surface area contributed by atoms with Crippen LogP contribution in [-0.4, -0.2) is 23.9 Å². The zero-order chi connectivity index (χ0) is 22.0. The lowest BCUT2D eigenvalue weighted by molar-refractivity contribution is 0.102. The van der Waals surface area contributed by atoms with Gasteiger partial charge in [0.25, 0.3) is 5.91 Å². The monoisotopic (exact) mass is 452 g/mol. The molecule has 2 heterocycles. The molecule has 3 nitrogen and oxygen atoms in total. The number of anilines is 1. The van der Waals surface area contributed by atoms with Gasteiger partial charge in [0.1, 0.15) is 5.00 Å². The molecule has 1 aromatic heterocycles. The van der Waals surface area contributed by atoms with E-state index in [4.69, 9.17) is 11.6 Å². The zero-order valence-corrected chi connectivity index (χ0v) is 19.9.